The molecule has 1 rings (SSSR count). The van der Waals surface area contributed by atoms with E-state index in [9.17, 15) is 17.6 Å². The number of halogens is 4. The first-order chi connectivity index (χ1) is 7.37. The summed E-state index contributed by atoms with van der Waals surface area (Å²) in [4.78, 5) is 3.74. The highest BCUT2D eigenvalue weighted by Crippen LogP contribution is 2.31. The summed E-state index contributed by atoms with van der Waals surface area (Å²) in [5.41, 5.74) is -0.140. The minimum absolute atomic E-state index is 0.0612. The number of aryl methyl sites for hydroxylation is 1. The van der Waals surface area contributed by atoms with E-state index in [0.717, 1.165) is 6.07 Å². The molecule has 0 bridgehead atoms. The molecule has 7 heteroatoms. The Morgan fingerprint density at radius 2 is 2.00 bits per heavy atom. The van der Waals surface area contributed by atoms with Gasteiger partial charge in [-0.05, 0) is 6.92 Å². The summed E-state index contributed by atoms with van der Waals surface area (Å²) in [7, 11) is 1.24. The van der Waals surface area contributed by atoms with Crippen molar-refractivity contribution in [2.75, 3.05) is 7.11 Å². The Balaban J connectivity index is 3.18. The third kappa shape index (κ3) is 2.98. The van der Waals surface area contributed by atoms with Crippen LogP contribution in [0.5, 0.6) is 11.6 Å². The largest absolute Gasteiger partial charge is 0.573 e. The first kappa shape index (κ1) is 12.5. The number of methoxy groups -OCH3 is 1. The zero-order valence-corrected chi connectivity index (χ0v) is 8.56. The molecule has 0 spiro atoms. The lowest BCUT2D eigenvalue weighted by atomic mass is 10.2. The van der Waals surface area contributed by atoms with Gasteiger partial charge in [-0.1, -0.05) is 0 Å². The second kappa shape index (κ2) is 4.54. The fourth-order valence-corrected chi connectivity index (χ4v) is 1.13. The van der Waals surface area contributed by atoms with Gasteiger partial charge in [-0.3, -0.25) is 0 Å². The molecule has 0 saturated heterocycles. The smallest absolute Gasteiger partial charge is 0.481 e. The zero-order chi connectivity index (χ0) is 12.3. The van der Waals surface area contributed by atoms with Gasteiger partial charge < -0.3 is 9.47 Å². The van der Waals surface area contributed by atoms with E-state index in [1.807, 2.05) is 0 Å². The van der Waals surface area contributed by atoms with E-state index >= 15 is 0 Å². The first-order valence-corrected chi connectivity index (χ1v) is 4.23. The fraction of sp³-hybridized carbons (Fsp3) is 0.444. The molecule has 0 atom stereocenters. The van der Waals surface area contributed by atoms with Crippen LogP contribution in [0.25, 0.3) is 0 Å². The number of rotatable bonds is 3. The summed E-state index contributed by atoms with van der Waals surface area (Å²) < 4.78 is 56.9. The van der Waals surface area contributed by atoms with Crippen LogP contribution in [0.2, 0.25) is 0 Å². The Labute approximate surface area is 89.0 Å². The van der Waals surface area contributed by atoms with E-state index in [-0.39, 0.29) is 17.1 Å². The predicted octanol–water partition coefficient (Wildman–Crippen LogP) is 2.77. The third-order valence-electron chi connectivity index (χ3n) is 1.84. The molecule has 0 amide bonds. The molecule has 0 aliphatic heterocycles. The maximum absolute atomic E-state index is 12.5. The van der Waals surface area contributed by atoms with Gasteiger partial charge in [0, 0.05) is 11.6 Å². The lowest BCUT2D eigenvalue weighted by molar-refractivity contribution is -0.275. The van der Waals surface area contributed by atoms with Crippen LogP contribution in [0, 0.1) is 6.92 Å². The number of ether oxygens (including phenoxy) is 2. The van der Waals surface area contributed by atoms with Crippen LogP contribution in [0.3, 0.4) is 0 Å². The summed E-state index contributed by atoms with van der Waals surface area (Å²) in [6.07, 6.45) is -4.87. The summed E-state index contributed by atoms with van der Waals surface area (Å²) in [6.45, 7) is 0.287. The van der Waals surface area contributed by atoms with Crippen molar-refractivity contribution in [2.45, 2.75) is 20.0 Å². The highest BCUT2D eigenvalue weighted by Gasteiger charge is 2.33. The van der Waals surface area contributed by atoms with E-state index in [1.54, 1.807) is 0 Å². The number of pyridine rings is 1. The molecule has 1 aromatic rings. The molecule has 3 nitrogen and oxygen atoms in total. The Bertz CT molecular complexity index is 379. The Kier molecular flexibility index (Phi) is 3.56. The maximum Gasteiger partial charge on any atom is 0.573 e. The molecule has 90 valence electrons. The van der Waals surface area contributed by atoms with Crippen molar-refractivity contribution < 1.29 is 27.0 Å². The zero-order valence-electron chi connectivity index (χ0n) is 8.56. The van der Waals surface area contributed by atoms with E-state index in [2.05, 4.69) is 14.5 Å². The summed E-state index contributed by atoms with van der Waals surface area (Å²) in [5, 5.41) is 0. The molecule has 0 aliphatic carbocycles. The van der Waals surface area contributed by atoms with Crippen LogP contribution in [0.1, 0.15) is 11.3 Å². The molecule has 0 fully saturated rings. The standard InChI is InChI=1S/C9H9F4NO2/c1-5-6(4-10)7(16-9(11,12)13)3-8(14-5)15-2/h3H,4H2,1-2H3. The number of aromatic nitrogens is 1. The molecule has 0 aromatic carbocycles. The SMILES string of the molecule is COc1cc(OC(F)(F)F)c(CF)c(C)n1. The van der Waals surface area contributed by atoms with Gasteiger partial charge in [0.15, 0.2) is 0 Å². The van der Waals surface area contributed by atoms with Crippen molar-refractivity contribution in [1.29, 1.82) is 0 Å². The van der Waals surface area contributed by atoms with Gasteiger partial charge in [0.25, 0.3) is 0 Å². The molecule has 16 heavy (non-hydrogen) atoms. The van der Waals surface area contributed by atoms with Crippen molar-refractivity contribution in [3.05, 3.63) is 17.3 Å². The normalized spacial score (nSPS) is 11.4. The monoisotopic (exact) mass is 239 g/mol. The van der Waals surface area contributed by atoms with Crippen LogP contribution in [-0.4, -0.2) is 18.5 Å². The molecule has 0 radical (unpaired) electrons. The Morgan fingerprint density at radius 1 is 1.38 bits per heavy atom. The first-order valence-electron chi connectivity index (χ1n) is 4.23. The van der Waals surface area contributed by atoms with E-state index in [1.165, 1.54) is 14.0 Å². The van der Waals surface area contributed by atoms with Gasteiger partial charge in [0.05, 0.1) is 12.8 Å². The number of hydrogen-bond acceptors (Lipinski definition) is 3. The third-order valence-corrected chi connectivity index (χ3v) is 1.84. The summed E-state index contributed by atoms with van der Waals surface area (Å²) >= 11 is 0. The minimum Gasteiger partial charge on any atom is -0.481 e. The quantitative estimate of drug-likeness (QED) is 0.760. The minimum atomic E-state index is -4.87. The second-order valence-corrected chi connectivity index (χ2v) is 2.91. The molecule has 0 unspecified atom stereocenters. The van der Waals surface area contributed by atoms with Crippen LogP contribution in [-0.2, 0) is 6.67 Å². The van der Waals surface area contributed by atoms with Crippen molar-refractivity contribution in [2.24, 2.45) is 0 Å². The molecular formula is C9H9F4NO2. The van der Waals surface area contributed by atoms with E-state index < -0.39 is 18.8 Å². The summed E-state index contributed by atoms with van der Waals surface area (Å²) in [6, 6.07) is 0.898. The van der Waals surface area contributed by atoms with E-state index in [0.29, 0.717) is 0 Å². The average Bonchev–Trinajstić information content (AvgIpc) is 2.14. The molecule has 1 heterocycles. The lowest BCUT2D eigenvalue weighted by Gasteiger charge is -2.14. The predicted molar refractivity (Wildman–Crippen MR) is 47.0 cm³/mol. The van der Waals surface area contributed by atoms with Gasteiger partial charge in [-0.15, -0.1) is 13.2 Å². The van der Waals surface area contributed by atoms with Crippen molar-refractivity contribution in [1.82, 2.24) is 4.98 Å². The molecule has 0 N–H and O–H groups in total. The number of alkyl halides is 4. The van der Waals surface area contributed by atoms with Gasteiger partial charge in [-0.25, -0.2) is 9.37 Å². The van der Waals surface area contributed by atoms with Gasteiger partial charge >= 0.3 is 6.36 Å². The molecular weight excluding hydrogens is 230 g/mol. The second-order valence-electron chi connectivity index (χ2n) is 2.91. The topological polar surface area (TPSA) is 31.4 Å². The van der Waals surface area contributed by atoms with E-state index in [4.69, 9.17) is 0 Å². The van der Waals surface area contributed by atoms with Gasteiger partial charge in [-0.2, -0.15) is 0 Å². The fourth-order valence-electron chi connectivity index (χ4n) is 1.13. The lowest BCUT2D eigenvalue weighted by Crippen LogP contribution is -2.18. The highest BCUT2D eigenvalue weighted by atomic mass is 19.4. The van der Waals surface area contributed by atoms with Crippen LogP contribution >= 0.6 is 0 Å². The molecule has 1 aromatic heterocycles. The van der Waals surface area contributed by atoms with Gasteiger partial charge in [0.1, 0.15) is 12.4 Å². The average molecular weight is 239 g/mol. The summed E-state index contributed by atoms with van der Waals surface area (Å²) in [5.74, 6) is -0.687. The molecule has 0 saturated carbocycles. The number of nitrogens with zero attached hydrogens (tertiary/aromatic N) is 1. The van der Waals surface area contributed by atoms with Crippen LogP contribution < -0.4 is 9.47 Å². The van der Waals surface area contributed by atoms with Crippen LogP contribution in [0.4, 0.5) is 17.6 Å². The van der Waals surface area contributed by atoms with Gasteiger partial charge in [0.2, 0.25) is 5.88 Å². The Morgan fingerprint density at radius 3 is 2.44 bits per heavy atom. The highest BCUT2D eigenvalue weighted by molar-refractivity contribution is 5.39. The molecule has 0 aliphatic rings. The maximum atomic E-state index is 12.5. The van der Waals surface area contributed by atoms with Crippen LogP contribution in [0.15, 0.2) is 6.07 Å². The Hall–Kier alpha value is -1.53. The van der Waals surface area contributed by atoms with Crippen molar-refractivity contribution in [3.8, 4) is 11.6 Å². The number of hydrogen-bond donors (Lipinski definition) is 0. The van der Waals surface area contributed by atoms with Crippen molar-refractivity contribution >= 4 is 0 Å². The van der Waals surface area contributed by atoms with Crippen molar-refractivity contribution in [3.63, 3.8) is 0 Å².